The van der Waals surface area contributed by atoms with E-state index >= 15 is 0 Å². The van der Waals surface area contributed by atoms with Gasteiger partial charge in [-0.2, -0.15) is 0 Å². The number of aliphatic hydroxyl groups is 1. The monoisotopic (exact) mass is 590 g/mol. The van der Waals surface area contributed by atoms with Gasteiger partial charge in [-0.1, -0.05) is 84.2 Å². The molecule has 2 amide bonds. The Bertz CT molecular complexity index is 640. The van der Waals surface area contributed by atoms with Crippen molar-refractivity contribution in [3.8, 4) is 0 Å². The minimum absolute atomic E-state index is 0. The van der Waals surface area contributed by atoms with Gasteiger partial charge in [0.05, 0.1) is 6.10 Å². The number of amides is 2. The number of ether oxygens (including phenoxy) is 1. The molecule has 7 nitrogen and oxygen atoms in total. The van der Waals surface area contributed by atoms with Crippen LogP contribution in [0.1, 0.15) is 149 Å². The molecule has 0 spiro atoms. The number of aromatic nitrogens is 1. The lowest BCUT2D eigenvalue weighted by Gasteiger charge is -2.22. The van der Waals surface area contributed by atoms with Crippen LogP contribution in [0.4, 0.5) is 0 Å². The summed E-state index contributed by atoms with van der Waals surface area (Å²) in [6, 6.07) is 6.52. The molecular formula is C34H75N3O4. The van der Waals surface area contributed by atoms with Crippen LogP contribution in [0.2, 0.25) is 0 Å². The minimum atomic E-state index is -0.206. The molecule has 1 fully saturated rings. The highest BCUT2D eigenvalue weighted by atomic mass is 16.5. The lowest BCUT2D eigenvalue weighted by Crippen LogP contribution is -2.33. The number of pyridine rings is 1. The SMILES string of the molecule is C.C.C.C.CCC(C)C(N)=O.CCC(C)N1CCCC1=O.CCC(C)O.CCC(C)c1ccccn1.CCCOC. The molecule has 1 aliphatic rings. The van der Waals surface area contributed by atoms with E-state index in [-0.39, 0.29) is 47.6 Å². The zero-order chi connectivity index (χ0) is 29.2. The predicted octanol–water partition coefficient (Wildman–Crippen LogP) is 8.88. The summed E-state index contributed by atoms with van der Waals surface area (Å²) < 4.78 is 4.69. The molecule has 4 unspecified atom stereocenters. The van der Waals surface area contributed by atoms with E-state index in [2.05, 4.69) is 45.7 Å². The summed E-state index contributed by atoms with van der Waals surface area (Å²) >= 11 is 0. The van der Waals surface area contributed by atoms with Gasteiger partial charge < -0.3 is 20.5 Å². The normalized spacial score (nSPS) is 13.6. The largest absolute Gasteiger partial charge is 0.393 e. The van der Waals surface area contributed by atoms with Crippen molar-refractivity contribution in [3.63, 3.8) is 0 Å². The average molecular weight is 590 g/mol. The third kappa shape index (κ3) is 34.1. The van der Waals surface area contributed by atoms with Crippen LogP contribution in [0, 0.1) is 5.92 Å². The Hall–Kier alpha value is -1.99. The molecule has 0 aromatic carbocycles. The zero-order valence-corrected chi connectivity index (χ0v) is 25.6. The Balaban J connectivity index is -0.0000000710. The van der Waals surface area contributed by atoms with Crippen LogP contribution in [0.3, 0.4) is 0 Å². The number of hydrogen-bond acceptors (Lipinski definition) is 5. The van der Waals surface area contributed by atoms with Gasteiger partial charge in [-0.05, 0) is 70.4 Å². The summed E-state index contributed by atoms with van der Waals surface area (Å²) in [6.07, 6.45) is 8.62. The van der Waals surface area contributed by atoms with E-state index in [1.807, 2.05) is 44.0 Å². The van der Waals surface area contributed by atoms with Gasteiger partial charge in [0, 0.05) is 50.5 Å². The number of nitrogens with zero attached hydrogens (tertiary/aromatic N) is 2. The maximum Gasteiger partial charge on any atom is 0.222 e. The van der Waals surface area contributed by atoms with E-state index < -0.39 is 0 Å². The van der Waals surface area contributed by atoms with E-state index in [0.29, 0.717) is 17.9 Å². The van der Waals surface area contributed by atoms with Crippen LogP contribution in [-0.4, -0.2) is 59.2 Å². The number of carbonyl (C=O) groups excluding carboxylic acids is 2. The standard InChI is InChI=1S/C9H13N.C8H15NO.C5H11NO.2C4H10O.4CH4/c1-3-8(2)9-6-4-5-7-10-9;1-3-7(2)9-6-4-5-8(9)10;1-3-4(2)5(6)7;1-3-4-5-2;1-3-4(2)5;;;;/h4-8H,3H2,1-2H3;7H,3-6H2,1-2H3;4H,3H2,1-2H3,(H2,6,7);3-4H2,1-2H3;4-5H,3H2,1-2H3;4*1H4. The maximum atomic E-state index is 11.1. The highest BCUT2D eigenvalue weighted by Crippen LogP contribution is 2.15. The number of aliphatic hydroxyl groups excluding tert-OH is 1. The molecule has 4 atom stereocenters. The first-order valence-electron chi connectivity index (χ1n) is 14.1. The van der Waals surface area contributed by atoms with Gasteiger partial charge in [-0.15, -0.1) is 0 Å². The van der Waals surface area contributed by atoms with Crippen LogP contribution in [0.25, 0.3) is 0 Å². The van der Waals surface area contributed by atoms with Crippen LogP contribution in [-0.2, 0) is 14.3 Å². The summed E-state index contributed by atoms with van der Waals surface area (Å²) in [6.45, 7) is 20.1. The van der Waals surface area contributed by atoms with Crippen LogP contribution >= 0.6 is 0 Å². The van der Waals surface area contributed by atoms with Crippen LogP contribution < -0.4 is 5.73 Å². The molecule has 2 rings (SSSR count). The second-order valence-electron chi connectivity index (χ2n) is 9.47. The van der Waals surface area contributed by atoms with Crippen molar-refractivity contribution in [2.45, 2.75) is 155 Å². The summed E-state index contributed by atoms with van der Waals surface area (Å²) in [7, 11) is 1.71. The molecule has 2 heterocycles. The minimum Gasteiger partial charge on any atom is -0.393 e. The Morgan fingerprint density at radius 1 is 0.976 bits per heavy atom. The van der Waals surface area contributed by atoms with Gasteiger partial charge in [0.1, 0.15) is 0 Å². The topological polar surface area (TPSA) is 106 Å². The predicted molar refractivity (Wildman–Crippen MR) is 183 cm³/mol. The summed E-state index contributed by atoms with van der Waals surface area (Å²) in [5, 5.41) is 8.36. The van der Waals surface area contributed by atoms with Crippen molar-refractivity contribution in [1.29, 1.82) is 0 Å². The first-order chi connectivity index (χ1) is 17.5. The van der Waals surface area contributed by atoms with Gasteiger partial charge in [-0.25, -0.2) is 0 Å². The fourth-order valence-corrected chi connectivity index (χ4v) is 2.64. The Labute approximate surface area is 258 Å². The highest BCUT2D eigenvalue weighted by molar-refractivity contribution is 5.78. The van der Waals surface area contributed by atoms with Gasteiger partial charge in [-0.3, -0.25) is 14.6 Å². The summed E-state index contributed by atoms with van der Waals surface area (Å²) in [4.78, 5) is 27.5. The third-order valence-electron chi connectivity index (χ3n) is 6.14. The lowest BCUT2D eigenvalue weighted by atomic mass is 10.1. The number of likely N-dealkylation sites (tertiary alicyclic amines) is 1. The van der Waals surface area contributed by atoms with E-state index in [0.717, 1.165) is 58.1 Å². The van der Waals surface area contributed by atoms with E-state index in [1.54, 1.807) is 14.0 Å². The molecule has 1 saturated heterocycles. The maximum absolute atomic E-state index is 11.1. The molecule has 0 radical (unpaired) electrons. The van der Waals surface area contributed by atoms with Crippen molar-refractivity contribution < 1.29 is 19.4 Å². The van der Waals surface area contributed by atoms with Gasteiger partial charge >= 0.3 is 0 Å². The Morgan fingerprint density at radius 3 is 1.73 bits per heavy atom. The molecule has 3 N–H and O–H groups in total. The average Bonchev–Trinajstić information content (AvgIpc) is 3.35. The molecule has 1 aliphatic heterocycles. The highest BCUT2D eigenvalue weighted by Gasteiger charge is 2.23. The fourth-order valence-electron chi connectivity index (χ4n) is 2.64. The second-order valence-corrected chi connectivity index (χ2v) is 9.47. The molecular weight excluding hydrogens is 514 g/mol. The van der Waals surface area contributed by atoms with Crippen molar-refractivity contribution in [2.75, 3.05) is 20.3 Å². The second kappa shape index (κ2) is 38.0. The first-order valence-corrected chi connectivity index (χ1v) is 14.1. The van der Waals surface area contributed by atoms with Crippen LogP contribution in [0.5, 0.6) is 0 Å². The number of primary amides is 1. The number of nitrogens with two attached hydrogens (primary N) is 1. The first kappa shape index (κ1) is 55.0. The Morgan fingerprint density at radius 2 is 1.51 bits per heavy atom. The number of rotatable bonds is 9. The molecule has 1 aromatic heterocycles. The quantitative estimate of drug-likeness (QED) is 0.299. The van der Waals surface area contributed by atoms with E-state index in [4.69, 9.17) is 15.6 Å². The molecule has 0 aliphatic carbocycles. The molecule has 41 heavy (non-hydrogen) atoms. The van der Waals surface area contributed by atoms with Gasteiger partial charge in [0.15, 0.2) is 0 Å². The van der Waals surface area contributed by atoms with Crippen LogP contribution in [0.15, 0.2) is 24.4 Å². The zero-order valence-electron chi connectivity index (χ0n) is 25.6. The molecule has 0 saturated carbocycles. The number of hydrogen-bond donors (Lipinski definition) is 2. The summed E-state index contributed by atoms with van der Waals surface area (Å²) in [5.41, 5.74) is 6.11. The lowest BCUT2D eigenvalue weighted by molar-refractivity contribution is -0.129. The van der Waals surface area contributed by atoms with Crippen molar-refractivity contribution in [2.24, 2.45) is 11.7 Å². The summed E-state index contributed by atoms with van der Waals surface area (Å²) in [5.74, 6) is 0.776. The van der Waals surface area contributed by atoms with Gasteiger partial charge in [0.2, 0.25) is 11.8 Å². The number of methoxy groups -OCH3 is 1. The van der Waals surface area contributed by atoms with Crippen molar-refractivity contribution in [1.82, 2.24) is 9.88 Å². The van der Waals surface area contributed by atoms with Gasteiger partial charge in [0.25, 0.3) is 0 Å². The molecule has 1 aromatic rings. The Kier molecular flexibility index (Phi) is 51.0. The molecule has 0 bridgehead atoms. The van der Waals surface area contributed by atoms with E-state index in [9.17, 15) is 9.59 Å². The smallest absolute Gasteiger partial charge is 0.222 e. The number of carbonyl (C=O) groups is 2. The van der Waals surface area contributed by atoms with E-state index in [1.165, 1.54) is 5.69 Å². The van der Waals surface area contributed by atoms with Crippen molar-refractivity contribution in [3.05, 3.63) is 30.1 Å². The fraction of sp³-hybridized carbons (Fsp3) is 0.794. The van der Waals surface area contributed by atoms with Crippen molar-refractivity contribution >= 4 is 11.8 Å². The molecule has 250 valence electrons. The third-order valence-corrected chi connectivity index (χ3v) is 6.14. The molecule has 7 heteroatoms.